The molecule has 0 bridgehead atoms. The number of hydrogen-bond acceptors (Lipinski definition) is 2. The van der Waals surface area contributed by atoms with Gasteiger partial charge in [-0.05, 0) is 5.56 Å². The average molecular weight is 230 g/mol. The fraction of sp³-hybridized carbons (Fsp3) is 0.154. The minimum Gasteiger partial charge on any atom is -0.329 e. The first-order chi connectivity index (χ1) is 7.86. The second kappa shape index (κ2) is 5.56. The van der Waals surface area contributed by atoms with Gasteiger partial charge in [-0.1, -0.05) is 54.2 Å². The van der Waals surface area contributed by atoms with E-state index in [0.29, 0.717) is 0 Å². The van der Waals surface area contributed by atoms with E-state index in [0.717, 1.165) is 10.9 Å². The Morgan fingerprint density at radius 2 is 2.12 bits per heavy atom. The van der Waals surface area contributed by atoms with Crippen LogP contribution in [-0.4, -0.2) is 15.3 Å². The Bertz CT molecular complexity index is 460. The molecule has 2 aromatic rings. The average Bonchev–Trinajstić information content (AvgIpc) is 2.72. The molecule has 0 aliphatic heterocycles. The van der Waals surface area contributed by atoms with E-state index in [2.05, 4.69) is 29.3 Å². The smallest absolute Gasteiger partial charge is 0.167 e. The second-order valence-electron chi connectivity index (χ2n) is 3.44. The molecule has 0 atom stereocenters. The number of thioether (sulfide) groups is 1. The topological polar surface area (TPSA) is 17.8 Å². The molecule has 0 amide bonds. The molecular weight excluding hydrogens is 216 g/mol. The molecule has 0 fully saturated rings. The molecule has 0 spiro atoms. The molecule has 82 valence electrons. The van der Waals surface area contributed by atoms with E-state index in [4.69, 9.17) is 0 Å². The summed E-state index contributed by atoms with van der Waals surface area (Å²) < 4.78 is 2.03. The number of nitrogens with zero attached hydrogens (tertiary/aromatic N) is 2. The van der Waals surface area contributed by atoms with Crippen molar-refractivity contribution in [1.29, 1.82) is 0 Å². The molecule has 2 nitrogen and oxygen atoms in total. The van der Waals surface area contributed by atoms with Gasteiger partial charge in [-0.2, -0.15) is 0 Å². The molecule has 0 saturated heterocycles. The molecule has 0 saturated carbocycles. The van der Waals surface area contributed by atoms with Crippen molar-refractivity contribution in [3.63, 3.8) is 0 Å². The van der Waals surface area contributed by atoms with Crippen LogP contribution in [-0.2, 0) is 7.05 Å². The van der Waals surface area contributed by atoms with Crippen LogP contribution in [0.5, 0.6) is 0 Å². The number of imidazole rings is 1. The summed E-state index contributed by atoms with van der Waals surface area (Å²) in [6.07, 6.45) is 8.08. The molecule has 3 heteroatoms. The lowest BCUT2D eigenvalue weighted by Crippen LogP contribution is -1.88. The molecule has 2 rings (SSSR count). The molecule has 0 radical (unpaired) electrons. The summed E-state index contributed by atoms with van der Waals surface area (Å²) in [6, 6.07) is 10.3. The van der Waals surface area contributed by atoms with Crippen molar-refractivity contribution < 1.29 is 0 Å². The van der Waals surface area contributed by atoms with Crippen molar-refractivity contribution in [3.05, 3.63) is 54.4 Å². The maximum atomic E-state index is 4.25. The zero-order valence-corrected chi connectivity index (χ0v) is 10.0. The number of benzene rings is 1. The lowest BCUT2D eigenvalue weighted by atomic mass is 10.2. The van der Waals surface area contributed by atoms with Gasteiger partial charge in [-0.25, -0.2) is 4.98 Å². The maximum absolute atomic E-state index is 4.25. The summed E-state index contributed by atoms with van der Waals surface area (Å²) in [7, 11) is 2.01. The summed E-state index contributed by atoms with van der Waals surface area (Å²) in [5, 5.41) is 1.05. The van der Waals surface area contributed by atoms with Crippen LogP contribution in [0.2, 0.25) is 0 Å². The fourth-order valence-corrected chi connectivity index (χ4v) is 2.10. The number of hydrogen-bond donors (Lipinski definition) is 0. The van der Waals surface area contributed by atoms with Crippen molar-refractivity contribution in [3.8, 4) is 0 Å². The highest BCUT2D eigenvalue weighted by molar-refractivity contribution is 7.99. The highest BCUT2D eigenvalue weighted by Gasteiger charge is 1.96. The minimum atomic E-state index is 0.944. The Labute approximate surface area is 100 Å². The highest BCUT2D eigenvalue weighted by atomic mass is 32.2. The van der Waals surface area contributed by atoms with Crippen molar-refractivity contribution in [1.82, 2.24) is 9.55 Å². The third kappa shape index (κ3) is 3.00. The first-order valence-corrected chi connectivity index (χ1v) is 6.16. The van der Waals surface area contributed by atoms with Gasteiger partial charge in [-0.3, -0.25) is 0 Å². The quantitative estimate of drug-likeness (QED) is 0.750. The molecule has 1 aromatic heterocycles. The Morgan fingerprint density at radius 3 is 2.81 bits per heavy atom. The summed E-state index contributed by atoms with van der Waals surface area (Å²) in [4.78, 5) is 4.25. The zero-order valence-electron chi connectivity index (χ0n) is 9.21. The SMILES string of the molecule is Cn1ccnc1SC/C=C/c1ccccc1. The summed E-state index contributed by atoms with van der Waals surface area (Å²) >= 11 is 1.74. The lowest BCUT2D eigenvalue weighted by molar-refractivity contribution is 0.791. The Balaban J connectivity index is 1.85. The Hall–Kier alpha value is -1.48. The van der Waals surface area contributed by atoms with Crippen LogP contribution >= 0.6 is 11.8 Å². The standard InChI is InChI=1S/C13H14N2S/c1-15-10-9-14-13(15)16-11-5-8-12-6-3-2-4-7-12/h2-10H,11H2,1H3/b8-5+. The monoisotopic (exact) mass is 230 g/mol. The third-order valence-electron chi connectivity index (χ3n) is 2.20. The first-order valence-electron chi connectivity index (χ1n) is 5.18. The van der Waals surface area contributed by atoms with E-state index < -0.39 is 0 Å². The summed E-state index contributed by atoms with van der Waals surface area (Å²) in [6.45, 7) is 0. The van der Waals surface area contributed by atoms with Crippen LogP contribution < -0.4 is 0 Å². The third-order valence-corrected chi connectivity index (χ3v) is 3.21. The number of aryl methyl sites for hydroxylation is 1. The zero-order chi connectivity index (χ0) is 11.2. The maximum Gasteiger partial charge on any atom is 0.167 e. The van der Waals surface area contributed by atoms with Crippen LogP contribution in [0.25, 0.3) is 6.08 Å². The van der Waals surface area contributed by atoms with Crippen LogP contribution in [0.3, 0.4) is 0 Å². The van der Waals surface area contributed by atoms with Gasteiger partial charge in [0.25, 0.3) is 0 Å². The van der Waals surface area contributed by atoms with Gasteiger partial charge in [0.15, 0.2) is 5.16 Å². The fourth-order valence-electron chi connectivity index (χ4n) is 1.36. The van der Waals surface area contributed by atoms with Gasteiger partial charge < -0.3 is 4.57 Å². The van der Waals surface area contributed by atoms with Gasteiger partial charge in [0, 0.05) is 25.2 Å². The molecule has 0 unspecified atom stereocenters. The van der Waals surface area contributed by atoms with Crippen LogP contribution in [0.1, 0.15) is 5.56 Å². The number of aromatic nitrogens is 2. The molecular formula is C13H14N2S. The van der Waals surface area contributed by atoms with E-state index in [-0.39, 0.29) is 0 Å². The van der Waals surface area contributed by atoms with Gasteiger partial charge in [0.05, 0.1) is 0 Å². The van der Waals surface area contributed by atoms with Crippen LogP contribution in [0.15, 0.2) is 54.0 Å². The van der Waals surface area contributed by atoms with Crippen LogP contribution in [0.4, 0.5) is 0 Å². The van der Waals surface area contributed by atoms with E-state index >= 15 is 0 Å². The normalized spacial score (nSPS) is 11.1. The summed E-state index contributed by atoms with van der Waals surface area (Å²) in [5.74, 6) is 0.944. The second-order valence-corrected chi connectivity index (χ2v) is 4.43. The van der Waals surface area contributed by atoms with Gasteiger partial charge in [0.2, 0.25) is 0 Å². The number of rotatable bonds is 4. The van der Waals surface area contributed by atoms with Crippen molar-refractivity contribution in [2.45, 2.75) is 5.16 Å². The van der Waals surface area contributed by atoms with Crippen molar-refractivity contribution in [2.24, 2.45) is 7.05 Å². The van der Waals surface area contributed by atoms with E-state index in [1.807, 2.05) is 42.2 Å². The molecule has 0 N–H and O–H groups in total. The predicted molar refractivity (Wildman–Crippen MR) is 69.4 cm³/mol. The Kier molecular flexibility index (Phi) is 3.83. The van der Waals surface area contributed by atoms with Crippen LogP contribution in [0, 0.1) is 0 Å². The molecule has 1 aromatic carbocycles. The molecule has 0 aliphatic carbocycles. The van der Waals surface area contributed by atoms with Gasteiger partial charge >= 0.3 is 0 Å². The van der Waals surface area contributed by atoms with Gasteiger partial charge in [-0.15, -0.1) is 0 Å². The largest absolute Gasteiger partial charge is 0.329 e. The van der Waals surface area contributed by atoms with E-state index in [1.165, 1.54) is 5.56 Å². The molecule has 0 aliphatic rings. The van der Waals surface area contributed by atoms with E-state index in [9.17, 15) is 0 Å². The lowest BCUT2D eigenvalue weighted by Gasteiger charge is -1.97. The van der Waals surface area contributed by atoms with E-state index in [1.54, 1.807) is 11.8 Å². The highest BCUT2D eigenvalue weighted by Crippen LogP contribution is 2.14. The van der Waals surface area contributed by atoms with Crippen molar-refractivity contribution in [2.75, 3.05) is 5.75 Å². The predicted octanol–water partition coefficient (Wildman–Crippen LogP) is 3.23. The van der Waals surface area contributed by atoms with Crippen molar-refractivity contribution >= 4 is 17.8 Å². The summed E-state index contributed by atoms with van der Waals surface area (Å²) in [5.41, 5.74) is 1.24. The molecule has 1 heterocycles. The minimum absolute atomic E-state index is 0.944. The molecule has 16 heavy (non-hydrogen) atoms. The Morgan fingerprint density at radius 1 is 1.31 bits per heavy atom. The van der Waals surface area contributed by atoms with Gasteiger partial charge in [0.1, 0.15) is 0 Å². The first kappa shape index (κ1) is 11.0.